The van der Waals surface area contributed by atoms with Gasteiger partial charge in [-0.3, -0.25) is 9.58 Å². The number of rotatable bonds is 4. The van der Waals surface area contributed by atoms with Gasteiger partial charge in [-0.05, 0) is 17.7 Å². The van der Waals surface area contributed by atoms with E-state index in [1.54, 1.807) is 7.11 Å². The van der Waals surface area contributed by atoms with Crippen LogP contribution in [0.3, 0.4) is 0 Å². The highest BCUT2D eigenvalue weighted by Crippen LogP contribution is 2.27. The molecule has 5 nitrogen and oxygen atoms in total. The van der Waals surface area contributed by atoms with E-state index in [4.69, 9.17) is 4.74 Å². The Bertz CT molecular complexity index is 611. The standard InChI is InChI=1S/C15H19FN4O/c1-19-15-12(10-21-2)8-20(9-14(15)17-18-19)7-11-3-5-13(16)6-4-11/h3-6,12H,7-10H2,1-2H3/t12-/m1/s1. The molecule has 0 bridgehead atoms. The second kappa shape index (κ2) is 5.91. The predicted molar refractivity (Wildman–Crippen MR) is 76.1 cm³/mol. The van der Waals surface area contributed by atoms with Crippen LogP contribution in [-0.4, -0.2) is 40.2 Å². The minimum atomic E-state index is -0.203. The number of benzene rings is 1. The summed E-state index contributed by atoms with van der Waals surface area (Å²) in [6.45, 7) is 3.07. The number of aromatic nitrogens is 3. The average Bonchev–Trinajstić information content (AvgIpc) is 2.83. The molecule has 2 heterocycles. The smallest absolute Gasteiger partial charge is 0.123 e. The number of hydrogen-bond acceptors (Lipinski definition) is 4. The van der Waals surface area contributed by atoms with E-state index in [2.05, 4.69) is 15.2 Å². The number of fused-ring (bicyclic) bond motifs is 1. The lowest BCUT2D eigenvalue weighted by Crippen LogP contribution is -2.35. The molecule has 0 saturated carbocycles. The zero-order valence-corrected chi connectivity index (χ0v) is 12.3. The molecule has 21 heavy (non-hydrogen) atoms. The molecule has 2 aromatic rings. The first-order valence-corrected chi connectivity index (χ1v) is 7.01. The van der Waals surface area contributed by atoms with E-state index < -0.39 is 0 Å². The van der Waals surface area contributed by atoms with Gasteiger partial charge in [0, 0.05) is 39.7 Å². The Hall–Kier alpha value is -1.79. The van der Waals surface area contributed by atoms with Crippen LogP contribution >= 0.6 is 0 Å². The SMILES string of the molecule is COC[C@H]1CN(Cc2ccc(F)cc2)Cc2nnn(C)c21. The highest BCUT2D eigenvalue weighted by molar-refractivity contribution is 5.21. The maximum atomic E-state index is 13.0. The molecule has 1 atom stereocenters. The first-order chi connectivity index (χ1) is 10.2. The lowest BCUT2D eigenvalue weighted by Gasteiger charge is -2.31. The molecule has 1 aromatic heterocycles. The van der Waals surface area contributed by atoms with Gasteiger partial charge in [-0.2, -0.15) is 0 Å². The molecule has 0 aliphatic carbocycles. The number of aryl methyl sites for hydroxylation is 1. The van der Waals surface area contributed by atoms with E-state index >= 15 is 0 Å². The fourth-order valence-electron chi connectivity index (χ4n) is 3.00. The fourth-order valence-corrected chi connectivity index (χ4v) is 3.00. The van der Waals surface area contributed by atoms with Gasteiger partial charge < -0.3 is 4.74 Å². The number of nitrogens with zero attached hydrogens (tertiary/aromatic N) is 4. The maximum absolute atomic E-state index is 13.0. The van der Waals surface area contributed by atoms with E-state index in [1.807, 2.05) is 23.9 Å². The number of methoxy groups -OCH3 is 1. The summed E-state index contributed by atoms with van der Waals surface area (Å²) in [5.74, 6) is 0.0602. The van der Waals surface area contributed by atoms with Gasteiger partial charge in [-0.1, -0.05) is 17.3 Å². The van der Waals surface area contributed by atoms with E-state index in [-0.39, 0.29) is 11.7 Å². The first kappa shape index (κ1) is 14.2. The third kappa shape index (κ3) is 2.96. The molecule has 0 fully saturated rings. The maximum Gasteiger partial charge on any atom is 0.123 e. The van der Waals surface area contributed by atoms with Crippen LogP contribution in [0.2, 0.25) is 0 Å². The Morgan fingerprint density at radius 2 is 2.10 bits per heavy atom. The van der Waals surface area contributed by atoms with Gasteiger partial charge >= 0.3 is 0 Å². The van der Waals surface area contributed by atoms with Crippen molar-refractivity contribution in [2.75, 3.05) is 20.3 Å². The van der Waals surface area contributed by atoms with Crippen LogP contribution in [0, 0.1) is 5.82 Å². The molecule has 1 aliphatic rings. The van der Waals surface area contributed by atoms with Crippen molar-refractivity contribution >= 4 is 0 Å². The summed E-state index contributed by atoms with van der Waals surface area (Å²) in [5.41, 5.74) is 3.26. The van der Waals surface area contributed by atoms with Gasteiger partial charge in [-0.25, -0.2) is 4.39 Å². The van der Waals surface area contributed by atoms with Crippen LogP contribution in [0.5, 0.6) is 0 Å². The number of ether oxygens (including phenoxy) is 1. The molecule has 0 spiro atoms. The third-order valence-electron chi connectivity index (χ3n) is 3.87. The normalized spacial score (nSPS) is 18.7. The van der Waals surface area contributed by atoms with Crippen LogP contribution in [0.4, 0.5) is 4.39 Å². The Labute approximate surface area is 123 Å². The quantitative estimate of drug-likeness (QED) is 0.859. The van der Waals surface area contributed by atoms with Crippen molar-refractivity contribution in [3.8, 4) is 0 Å². The van der Waals surface area contributed by atoms with Crippen molar-refractivity contribution in [1.82, 2.24) is 19.9 Å². The topological polar surface area (TPSA) is 43.2 Å². The molecule has 0 saturated heterocycles. The Morgan fingerprint density at radius 1 is 1.33 bits per heavy atom. The predicted octanol–water partition coefficient (Wildman–Crippen LogP) is 1.70. The van der Waals surface area contributed by atoms with Gasteiger partial charge in [0.05, 0.1) is 12.3 Å². The van der Waals surface area contributed by atoms with Crippen LogP contribution in [0.1, 0.15) is 22.9 Å². The summed E-state index contributed by atoms with van der Waals surface area (Å²) in [7, 11) is 3.63. The Morgan fingerprint density at radius 3 is 2.81 bits per heavy atom. The van der Waals surface area contributed by atoms with E-state index in [0.29, 0.717) is 6.61 Å². The molecule has 0 unspecified atom stereocenters. The van der Waals surface area contributed by atoms with Crippen LogP contribution in [0.15, 0.2) is 24.3 Å². The van der Waals surface area contributed by atoms with Crippen molar-refractivity contribution < 1.29 is 9.13 Å². The van der Waals surface area contributed by atoms with E-state index in [0.717, 1.165) is 36.6 Å². The Balaban J connectivity index is 1.78. The van der Waals surface area contributed by atoms with Crippen molar-refractivity contribution in [2.24, 2.45) is 7.05 Å². The summed E-state index contributed by atoms with van der Waals surface area (Å²) >= 11 is 0. The average molecular weight is 290 g/mol. The van der Waals surface area contributed by atoms with Gasteiger partial charge in [0.15, 0.2) is 0 Å². The highest BCUT2D eigenvalue weighted by atomic mass is 19.1. The largest absolute Gasteiger partial charge is 0.384 e. The van der Waals surface area contributed by atoms with Crippen molar-refractivity contribution in [3.63, 3.8) is 0 Å². The molecule has 3 rings (SSSR count). The molecule has 1 aliphatic heterocycles. The zero-order chi connectivity index (χ0) is 14.8. The van der Waals surface area contributed by atoms with E-state index in [9.17, 15) is 4.39 Å². The molecule has 1 aromatic carbocycles. The first-order valence-electron chi connectivity index (χ1n) is 7.01. The summed E-state index contributed by atoms with van der Waals surface area (Å²) < 4.78 is 20.1. The lowest BCUT2D eigenvalue weighted by molar-refractivity contribution is 0.132. The van der Waals surface area contributed by atoms with Gasteiger partial charge in [0.1, 0.15) is 11.5 Å². The molecule has 0 radical (unpaired) electrons. The van der Waals surface area contributed by atoms with Crippen molar-refractivity contribution in [3.05, 3.63) is 47.0 Å². The third-order valence-corrected chi connectivity index (χ3v) is 3.87. The summed E-state index contributed by atoms with van der Waals surface area (Å²) in [6.07, 6.45) is 0. The van der Waals surface area contributed by atoms with Crippen molar-refractivity contribution in [1.29, 1.82) is 0 Å². The summed E-state index contributed by atoms with van der Waals surface area (Å²) in [6, 6.07) is 6.65. The zero-order valence-electron chi connectivity index (χ0n) is 12.3. The monoisotopic (exact) mass is 290 g/mol. The minimum absolute atomic E-state index is 0.203. The number of hydrogen-bond donors (Lipinski definition) is 0. The van der Waals surface area contributed by atoms with Crippen LogP contribution < -0.4 is 0 Å². The molecule has 0 amide bonds. The van der Waals surface area contributed by atoms with Gasteiger partial charge in [0.25, 0.3) is 0 Å². The van der Waals surface area contributed by atoms with E-state index in [1.165, 1.54) is 12.1 Å². The lowest BCUT2D eigenvalue weighted by atomic mass is 9.98. The fraction of sp³-hybridized carbons (Fsp3) is 0.467. The van der Waals surface area contributed by atoms with Gasteiger partial charge in [0.2, 0.25) is 0 Å². The second-order valence-electron chi connectivity index (χ2n) is 5.49. The summed E-state index contributed by atoms with van der Waals surface area (Å²) in [4.78, 5) is 2.30. The molecule has 6 heteroatoms. The van der Waals surface area contributed by atoms with Crippen LogP contribution in [-0.2, 0) is 24.9 Å². The second-order valence-corrected chi connectivity index (χ2v) is 5.49. The minimum Gasteiger partial charge on any atom is -0.384 e. The Kier molecular flexibility index (Phi) is 3.98. The van der Waals surface area contributed by atoms with Crippen molar-refractivity contribution in [2.45, 2.75) is 19.0 Å². The molecular formula is C15H19FN4O. The van der Waals surface area contributed by atoms with Gasteiger partial charge in [-0.15, -0.1) is 5.10 Å². The highest BCUT2D eigenvalue weighted by Gasteiger charge is 2.29. The molecule has 0 N–H and O–H groups in total. The number of halogens is 1. The molecule has 112 valence electrons. The summed E-state index contributed by atoms with van der Waals surface area (Å²) in [5, 5.41) is 8.37. The van der Waals surface area contributed by atoms with Crippen LogP contribution in [0.25, 0.3) is 0 Å². The molecular weight excluding hydrogens is 271 g/mol.